The summed E-state index contributed by atoms with van der Waals surface area (Å²) in [5.74, 6) is 0.288. The van der Waals surface area contributed by atoms with Gasteiger partial charge < -0.3 is 15.1 Å². The zero-order chi connectivity index (χ0) is 15.6. The normalized spacial score (nSPS) is 26.1. The third-order valence-electron chi connectivity index (χ3n) is 5.02. The van der Waals surface area contributed by atoms with Crippen molar-refractivity contribution in [1.29, 1.82) is 0 Å². The highest BCUT2D eigenvalue weighted by atomic mass is 16.2. The van der Waals surface area contributed by atoms with Gasteiger partial charge in [-0.15, -0.1) is 0 Å². The molecule has 3 rings (SSSR count). The van der Waals surface area contributed by atoms with Crippen LogP contribution in [0.1, 0.15) is 31.7 Å². The first kappa shape index (κ1) is 15.3. The number of hydrogen-bond donors (Lipinski definition) is 1. The van der Waals surface area contributed by atoms with Crippen LogP contribution in [-0.4, -0.2) is 49.1 Å². The summed E-state index contributed by atoms with van der Waals surface area (Å²) in [6.45, 7) is 8.65. The fraction of sp³-hybridized carbons (Fsp3) is 0.611. The van der Waals surface area contributed by atoms with Gasteiger partial charge in [-0.1, -0.05) is 12.1 Å². The fourth-order valence-electron chi connectivity index (χ4n) is 3.58. The molecule has 2 saturated heterocycles. The van der Waals surface area contributed by atoms with Crippen LogP contribution in [0.4, 0.5) is 5.69 Å². The lowest BCUT2D eigenvalue weighted by Crippen LogP contribution is -2.61. The predicted molar refractivity (Wildman–Crippen MR) is 90.2 cm³/mol. The standard InChI is InChI=1S/C18H27N3O/c1-15-6-5-7-16(14-15)20-10-12-21(13-11-20)17(22)18(2)8-3-4-9-19-18/h5-7,14,19H,3-4,8-13H2,1-2H3. The monoisotopic (exact) mass is 301 g/mol. The average Bonchev–Trinajstić information content (AvgIpc) is 2.55. The molecule has 0 saturated carbocycles. The van der Waals surface area contributed by atoms with E-state index in [1.807, 2.05) is 4.90 Å². The number of amides is 1. The number of piperidine rings is 1. The minimum absolute atomic E-state index is 0.288. The summed E-state index contributed by atoms with van der Waals surface area (Å²) in [5, 5.41) is 3.44. The van der Waals surface area contributed by atoms with Crippen LogP contribution in [0.25, 0.3) is 0 Å². The molecule has 2 fully saturated rings. The van der Waals surface area contributed by atoms with E-state index in [2.05, 4.69) is 48.3 Å². The summed E-state index contributed by atoms with van der Waals surface area (Å²) in [6.07, 6.45) is 3.30. The molecule has 4 nitrogen and oxygen atoms in total. The van der Waals surface area contributed by atoms with Crippen molar-refractivity contribution in [2.24, 2.45) is 0 Å². The molecule has 0 radical (unpaired) electrons. The second-order valence-corrected chi connectivity index (χ2v) is 6.83. The molecule has 0 spiro atoms. The van der Waals surface area contributed by atoms with E-state index in [0.717, 1.165) is 45.6 Å². The average molecular weight is 301 g/mol. The topological polar surface area (TPSA) is 35.6 Å². The Morgan fingerprint density at radius 1 is 1.18 bits per heavy atom. The minimum atomic E-state index is -0.343. The molecule has 0 aromatic heterocycles. The number of hydrogen-bond acceptors (Lipinski definition) is 3. The molecule has 2 heterocycles. The minimum Gasteiger partial charge on any atom is -0.368 e. The van der Waals surface area contributed by atoms with Gasteiger partial charge >= 0.3 is 0 Å². The number of nitrogens with zero attached hydrogens (tertiary/aromatic N) is 2. The van der Waals surface area contributed by atoms with E-state index in [1.54, 1.807) is 0 Å². The molecule has 2 aliphatic heterocycles. The summed E-state index contributed by atoms with van der Waals surface area (Å²) in [6, 6.07) is 8.62. The second kappa shape index (κ2) is 6.29. The Labute approximate surface area is 133 Å². The first-order valence-corrected chi connectivity index (χ1v) is 8.44. The Morgan fingerprint density at radius 2 is 1.95 bits per heavy atom. The van der Waals surface area contributed by atoms with Crippen LogP contribution < -0.4 is 10.2 Å². The molecule has 1 aromatic rings. The van der Waals surface area contributed by atoms with Gasteiger partial charge in [-0.2, -0.15) is 0 Å². The fourth-order valence-corrected chi connectivity index (χ4v) is 3.58. The van der Waals surface area contributed by atoms with Crippen LogP contribution in [0.15, 0.2) is 24.3 Å². The van der Waals surface area contributed by atoms with Gasteiger partial charge in [-0.25, -0.2) is 0 Å². The van der Waals surface area contributed by atoms with Gasteiger partial charge in [-0.3, -0.25) is 4.79 Å². The van der Waals surface area contributed by atoms with Gasteiger partial charge in [0.25, 0.3) is 0 Å². The van der Waals surface area contributed by atoms with Crippen molar-refractivity contribution in [3.8, 4) is 0 Å². The Hall–Kier alpha value is -1.55. The first-order valence-electron chi connectivity index (χ1n) is 8.44. The van der Waals surface area contributed by atoms with Crippen LogP contribution in [0.5, 0.6) is 0 Å². The van der Waals surface area contributed by atoms with E-state index >= 15 is 0 Å². The molecule has 22 heavy (non-hydrogen) atoms. The number of carbonyl (C=O) groups is 1. The molecule has 1 unspecified atom stereocenters. The van der Waals surface area contributed by atoms with Crippen molar-refractivity contribution < 1.29 is 4.79 Å². The molecule has 1 aromatic carbocycles. The summed E-state index contributed by atoms with van der Waals surface area (Å²) in [5.41, 5.74) is 2.22. The molecule has 120 valence electrons. The van der Waals surface area contributed by atoms with Crippen LogP contribution in [0.3, 0.4) is 0 Å². The van der Waals surface area contributed by atoms with E-state index in [1.165, 1.54) is 17.7 Å². The van der Waals surface area contributed by atoms with E-state index < -0.39 is 0 Å². The molecular formula is C18H27N3O. The molecule has 0 aliphatic carbocycles. The summed E-state index contributed by atoms with van der Waals surface area (Å²) < 4.78 is 0. The maximum absolute atomic E-state index is 12.8. The Balaban J connectivity index is 1.60. The number of anilines is 1. The largest absolute Gasteiger partial charge is 0.368 e. The van der Waals surface area contributed by atoms with Gasteiger partial charge in [0.05, 0.1) is 5.54 Å². The SMILES string of the molecule is Cc1cccc(N2CCN(C(=O)C3(C)CCCCN3)CC2)c1. The number of carbonyl (C=O) groups excluding carboxylic acids is 1. The van der Waals surface area contributed by atoms with Crippen LogP contribution in [0, 0.1) is 6.92 Å². The van der Waals surface area contributed by atoms with Crippen molar-refractivity contribution in [2.75, 3.05) is 37.6 Å². The van der Waals surface area contributed by atoms with Crippen molar-refractivity contribution in [2.45, 2.75) is 38.6 Å². The maximum Gasteiger partial charge on any atom is 0.242 e. The Kier molecular flexibility index (Phi) is 4.39. The number of nitrogens with one attached hydrogen (secondary N) is 1. The molecule has 2 aliphatic rings. The zero-order valence-corrected chi connectivity index (χ0v) is 13.8. The molecular weight excluding hydrogens is 274 g/mol. The van der Waals surface area contributed by atoms with Crippen molar-refractivity contribution >= 4 is 11.6 Å². The highest BCUT2D eigenvalue weighted by molar-refractivity contribution is 5.86. The molecule has 0 bridgehead atoms. The summed E-state index contributed by atoms with van der Waals surface area (Å²) in [4.78, 5) is 17.2. The summed E-state index contributed by atoms with van der Waals surface area (Å²) in [7, 11) is 0. The van der Waals surface area contributed by atoms with Gasteiger partial charge in [0, 0.05) is 31.9 Å². The Bertz CT molecular complexity index is 529. The van der Waals surface area contributed by atoms with Crippen LogP contribution in [0.2, 0.25) is 0 Å². The third-order valence-corrected chi connectivity index (χ3v) is 5.02. The number of rotatable bonds is 2. The highest BCUT2D eigenvalue weighted by Gasteiger charge is 2.38. The zero-order valence-electron chi connectivity index (χ0n) is 13.8. The first-order chi connectivity index (χ1) is 10.6. The number of aryl methyl sites for hydroxylation is 1. The lowest BCUT2D eigenvalue weighted by molar-refractivity contribution is -0.139. The third kappa shape index (κ3) is 3.12. The van der Waals surface area contributed by atoms with Crippen molar-refractivity contribution in [3.05, 3.63) is 29.8 Å². The van der Waals surface area contributed by atoms with Gasteiger partial charge in [0.15, 0.2) is 0 Å². The van der Waals surface area contributed by atoms with Crippen LogP contribution >= 0.6 is 0 Å². The number of piperazine rings is 1. The lowest BCUT2D eigenvalue weighted by Gasteiger charge is -2.42. The smallest absolute Gasteiger partial charge is 0.242 e. The van der Waals surface area contributed by atoms with E-state index in [0.29, 0.717) is 0 Å². The van der Waals surface area contributed by atoms with Crippen molar-refractivity contribution in [3.63, 3.8) is 0 Å². The van der Waals surface area contributed by atoms with Gasteiger partial charge in [0.1, 0.15) is 0 Å². The quantitative estimate of drug-likeness (QED) is 0.909. The Morgan fingerprint density at radius 3 is 2.59 bits per heavy atom. The van der Waals surface area contributed by atoms with E-state index in [-0.39, 0.29) is 11.4 Å². The molecule has 1 atom stereocenters. The van der Waals surface area contributed by atoms with Gasteiger partial charge in [0.2, 0.25) is 5.91 Å². The molecule has 1 amide bonds. The summed E-state index contributed by atoms with van der Waals surface area (Å²) >= 11 is 0. The van der Waals surface area contributed by atoms with E-state index in [4.69, 9.17) is 0 Å². The second-order valence-electron chi connectivity index (χ2n) is 6.83. The molecule has 4 heteroatoms. The maximum atomic E-state index is 12.8. The lowest BCUT2D eigenvalue weighted by atomic mass is 9.89. The molecule has 1 N–H and O–H groups in total. The van der Waals surface area contributed by atoms with E-state index in [9.17, 15) is 4.79 Å². The van der Waals surface area contributed by atoms with Crippen LogP contribution in [-0.2, 0) is 4.79 Å². The highest BCUT2D eigenvalue weighted by Crippen LogP contribution is 2.23. The number of benzene rings is 1. The van der Waals surface area contributed by atoms with Crippen molar-refractivity contribution in [1.82, 2.24) is 10.2 Å². The predicted octanol–water partition coefficient (Wildman–Crippen LogP) is 2.18. The van der Waals surface area contributed by atoms with Gasteiger partial charge in [-0.05, 0) is 57.4 Å².